The first kappa shape index (κ1) is 12.4. The predicted molar refractivity (Wildman–Crippen MR) is 63.5 cm³/mol. The molecule has 17 heavy (non-hydrogen) atoms. The summed E-state index contributed by atoms with van der Waals surface area (Å²) in [6.07, 6.45) is 7.60. The summed E-state index contributed by atoms with van der Waals surface area (Å²) in [5.41, 5.74) is 0. The van der Waals surface area contributed by atoms with Crippen molar-refractivity contribution in [2.45, 2.75) is 51.0 Å². The van der Waals surface area contributed by atoms with E-state index in [4.69, 9.17) is 5.11 Å². The monoisotopic (exact) mass is 239 g/mol. The van der Waals surface area contributed by atoms with E-state index in [0.29, 0.717) is 12.3 Å². The minimum atomic E-state index is -0.864. The summed E-state index contributed by atoms with van der Waals surface area (Å²) in [6.45, 7) is 0. The molecule has 1 aliphatic carbocycles. The van der Waals surface area contributed by atoms with Gasteiger partial charge in [0.2, 0.25) is 5.91 Å². The van der Waals surface area contributed by atoms with E-state index in [1.165, 1.54) is 30.6 Å². The predicted octanol–water partition coefficient (Wildman–Crippen LogP) is 1.89. The Balaban J connectivity index is 2.06. The van der Waals surface area contributed by atoms with Crippen molar-refractivity contribution in [3.63, 3.8) is 0 Å². The van der Waals surface area contributed by atoms with Gasteiger partial charge in [-0.2, -0.15) is 0 Å². The first-order valence-electron chi connectivity index (χ1n) is 6.60. The number of rotatable bonds is 2. The van der Waals surface area contributed by atoms with Gasteiger partial charge in [-0.25, -0.2) is 4.79 Å². The van der Waals surface area contributed by atoms with Gasteiger partial charge < -0.3 is 10.0 Å². The smallest absolute Gasteiger partial charge is 0.326 e. The number of hydrogen-bond donors (Lipinski definition) is 1. The number of aliphatic carboxylic acids is 1. The summed E-state index contributed by atoms with van der Waals surface area (Å²) in [5, 5.41) is 9.08. The van der Waals surface area contributed by atoms with Crippen LogP contribution in [-0.2, 0) is 9.59 Å². The Labute approximate surface area is 102 Å². The summed E-state index contributed by atoms with van der Waals surface area (Å²) >= 11 is 0. The molecule has 4 heteroatoms. The molecule has 96 valence electrons. The van der Waals surface area contributed by atoms with E-state index in [-0.39, 0.29) is 11.8 Å². The van der Waals surface area contributed by atoms with E-state index in [0.717, 1.165) is 12.8 Å². The SMILES string of the molecule is CN1C(=O)C(C2CCCCCC2)CC1C(=O)O. The van der Waals surface area contributed by atoms with Gasteiger partial charge in [-0.1, -0.05) is 25.7 Å². The van der Waals surface area contributed by atoms with Gasteiger partial charge in [-0.3, -0.25) is 4.79 Å². The van der Waals surface area contributed by atoms with Crippen LogP contribution in [0.1, 0.15) is 44.9 Å². The van der Waals surface area contributed by atoms with Gasteiger partial charge in [0.1, 0.15) is 6.04 Å². The highest BCUT2D eigenvalue weighted by atomic mass is 16.4. The van der Waals surface area contributed by atoms with Crippen LogP contribution in [0, 0.1) is 11.8 Å². The number of likely N-dealkylation sites (tertiary alicyclic amines) is 1. The zero-order valence-corrected chi connectivity index (χ0v) is 10.4. The molecule has 1 amide bonds. The van der Waals surface area contributed by atoms with Crippen molar-refractivity contribution in [2.24, 2.45) is 11.8 Å². The maximum absolute atomic E-state index is 12.1. The number of carbonyl (C=O) groups excluding carboxylic acids is 1. The second-order valence-electron chi connectivity index (χ2n) is 5.40. The molecule has 2 rings (SSSR count). The van der Waals surface area contributed by atoms with Crippen molar-refractivity contribution in [3.8, 4) is 0 Å². The van der Waals surface area contributed by atoms with Crippen molar-refractivity contribution in [1.82, 2.24) is 4.90 Å². The lowest BCUT2D eigenvalue weighted by molar-refractivity contribution is -0.145. The number of carboxylic acid groups (broad SMARTS) is 1. The maximum atomic E-state index is 12.1. The molecule has 0 aromatic carbocycles. The second-order valence-corrected chi connectivity index (χ2v) is 5.40. The Hall–Kier alpha value is -1.06. The minimum Gasteiger partial charge on any atom is -0.480 e. The molecule has 1 aliphatic heterocycles. The molecule has 1 N–H and O–H groups in total. The molecule has 1 saturated carbocycles. The van der Waals surface area contributed by atoms with Gasteiger partial charge in [0.05, 0.1) is 0 Å². The van der Waals surface area contributed by atoms with Crippen LogP contribution in [0.15, 0.2) is 0 Å². The average molecular weight is 239 g/mol. The molecule has 1 saturated heterocycles. The molecule has 2 aliphatic rings. The Morgan fingerprint density at radius 2 is 1.82 bits per heavy atom. The van der Waals surface area contributed by atoms with E-state index in [2.05, 4.69) is 0 Å². The topological polar surface area (TPSA) is 57.6 Å². The highest BCUT2D eigenvalue weighted by Gasteiger charge is 2.44. The molecular weight excluding hydrogens is 218 g/mol. The number of likely N-dealkylation sites (N-methyl/N-ethyl adjacent to an activating group) is 1. The van der Waals surface area contributed by atoms with Crippen molar-refractivity contribution in [3.05, 3.63) is 0 Å². The summed E-state index contributed by atoms with van der Waals surface area (Å²) in [4.78, 5) is 24.6. The van der Waals surface area contributed by atoms with Crippen LogP contribution >= 0.6 is 0 Å². The van der Waals surface area contributed by atoms with Crippen LogP contribution in [0.4, 0.5) is 0 Å². The quantitative estimate of drug-likeness (QED) is 0.749. The third-order valence-electron chi connectivity index (χ3n) is 4.36. The van der Waals surface area contributed by atoms with Gasteiger partial charge in [0.25, 0.3) is 0 Å². The Morgan fingerprint density at radius 3 is 2.29 bits per heavy atom. The lowest BCUT2D eigenvalue weighted by Crippen LogP contribution is -2.35. The standard InChI is InChI=1S/C13H21NO3/c1-14-11(13(16)17)8-10(12(14)15)9-6-4-2-3-5-7-9/h9-11H,2-8H2,1H3,(H,16,17). The molecule has 2 atom stereocenters. The lowest BCUT2D eigenvalue weighted by Gasteiger charge is -2.20. The maximum Gasteiger partial charge on any atom is 0.326 e. The van der Waals surface area contributed by atoms with Gasteiger partial charge in [0, 0.05) is 13.0 Å². The molecule has 2 unspecified atom stereocenters. The van der Waals surface area contributed by atoms with E-state index in [1.54, 1.807) is 7.05 Å². The van der Waals surface area contributed by atoms with Crippen molar-refractivity contribution >= 4 is 11.9 Å². The van der Waals surface area contributed by atoms with E-state index in [9.17, 15) is 9.59 Å². The summed E-state index contributed by atoms with van der Waals surface area (Å²) in [5.74, 6) is -0.447. The summed E-state index contributed by atoms with van der Waals surface area (Å²) < 4.78 is 0. The van der Waals surface area contributed by atoms with Crippen LogP contribution in [0.25, 0.3) is 0 Å². The molecule has 0 radical (unpaired) electrons. The largest absolute Gasteiger partial charge is 0.480 e. The first-order valence-corrected chi connectivity index (χ1v) is 6.60. The van der Waals surface area contributed by atoms with E-state index >= 15 is 0 Å². The zero-order chi connectivity index (χ0) is 12.4. The van der Waals surface area contributed by atoms with Gasteiger partial charge >= 0.3 is 5.97 Å². The molecule has 0 aromatic heterocycles. The molecular formula is C13H21NO3. The number of nitrogens with zero attached hydrogens (tertiary/aromatic N) is 1. The zero-order valence-electron chi connectivity index (χ0n) is 10.4. The van der Waals surface area contributed by atoms with E-state index < -0.39 is 12.0 Å². The third-order valence-corrected chi connectivity index (χ3v) is 4.36. The molecule has 1 heterocycles. The van der Waals surface area contributed by atoms with Crippen LogP contribution in [-0.4, -0.2) is 35.0 Å². The van der Waals surface area contributed by atoms with Gasteiger partial charge in [-0.15, -0.1) is 0 Å². The molecule has 0 spiro atoms. The molecule has 4 nitrogen and oxygen atoms in total. The average Bonchev–Trinajstić information content (AvgIpc) is 2.52. The first-order chi connectivity index (χ1) is 8.11. The van der Waals surface area contributed by atoms with E-state index in [1.807, 2.05) is 0 Å². The fraction of sp³-hybridized carbons (Fsp3) is 0.846. The van der Waals surface area contributed by atoms with Crippen LogP contribution in [0.5, 0.6) is 0 Å². The van der Waals surface area contributed by atoms with Crippen LogP contribution in [0.3, 0.4) is 0 Å². The normalized spacial score (nSPS) is 31.6. The van der Waals surface area contributed by atoms with Crippen molar-refractivity contribution < 1.29 is 14.7 Å². The Morgan fingerprint density at radius 1 is 1.24 bits per heavy atom. The Kier molecular flexibility index (Phi) is 3.69. The van der Waals surface area contributed by atoms with Gasteiger partial charge in [-0.05, 0) is 25.2 Å². The third kappa shape index (κ3) is 2.45. The number of carboxylic acids is 1. The highest BCUT2D eigenvalue weighted by molar-refractivity contribution is 5.89. The highest BCUT2D eigenvalue weighted by Crippen LogP contribution is 2.37. The fourth-order valence-corrected chi connectivity index (χ4v) is 3.29. The van der Waals surface area contributed by atoms with Crippen molar-refractivity contribution in [2.75, 3.05) is 7.05 Å². The number of amides is 1. The summed E-state index contributed by atoms with van der Waals surface area (Å²) in [6, 6.07) is -0.601. The number of carbonyl (C=O) groups is 2. The fourth-order valence-electron chi connectivity index (χ4n) is 3.29. The number of hydrogen-bond acceptors (Lipinski definition) is 2. The Bertz CT molecular complexity index is 308. The van der Waals surface area contributed by atoms with Crippen molar-refractivity contribution in [1.29, 1.82) is 0 Å². The minimum absolute atomic E-state index is 0.0424. The van der Waals surface area contributed by atoms with Gasteiger partial charge in [0.15, 0.2) is 0 Å². The molecule has 0 aromatic rings. The lowest BCUT2D eigenvalue weighted by atomic mass is 9.84. The molecule has 2 fully saturated rings. The second kappa shape index (κ2) is 5.07. The van der Waals surface area contributed by atoms with Crippen LogP contribution in [0.2, 0.25) is 0 Å². The van der Waals surface area contributed by atoms with Crippen LogP contribution < -0.4 is 0 Å². The summed E-state index contributed by atoms with van der Waals surface area (Å²) in [7, 11) is 1.62. The molecule has 0 bridgehead atoms.